The first-order valence-corrected chi connectivity index (χ1v) is 9.89. The number of sulfone groups is 1. The molecule has 21 heavy (non-hydrogen) atoms. The van der Waals surface area contributed by atoms with E-state index in [1.165, 1.54) is 18.2 Å². The molecule has 0 aromatic heterocycles. The largest absolute Gasteiger partial charge is 0.397 e. The first-order valence-electron chi connectivity index (χ1n) is 6.35. The topological polar surface area (TPSA) is 110 Å². The van der Waals surface area contributed by atoms with Gasteiger partial charge in [-0.3, -0.25) is 0 Å². The molecule has 0 saturated heterocycles. The number of nitrogens with two attached hydrogens (primary N) is 1. The summed E-state index contributed by atoms with van der Waals surface area (Å²) in [7, 11) is -5.01. The molecular formula is C12H21N3O4S2. The molecule has 0 aliphatic heterocycles. The van der Waals surface area contributed by atoms with Crippen LogP contribution in [0, 0.1) is 0 Å². The van der Waals surface area contributed by atoms with E-state index in [2.05, 4.69) is 4.72 Å². The van der Waals surface area contributed by atoms with E-state index in [4.69, 9.17) is 5.73 Å². The number of nitrogen functional groups attached to an aromatic ring is 1. The van der Waals surface area contributed by atoms with Crippen molar-refractivity contribution < 1.29 is 16.8 Å². The van der Waals surface area contributed by atoms with Gasteiger partial charge in [-0.2, -0.15) is 0 Å². The van der Waals surface area contributed by atoms with Crippen LogP contribution >= 0.6 is 0 Å². The van der Waals surface area contributed by atoms with Gasteiger partial charge in [0.05, 0.1) is 22.0 Å². The molecule has 1 rings (SSSR count). The minimum Gasteiger partial charge on any atom is -0.397 e. The molecule has 0 aliphatic carbocycles. The lowest BCUT2D eigenvalue weighted by Crippen LogP contribution is -2.27. The summed E-state index contributed by atoms with van der Waals surface area (Å²) in [6.07, 6.45) is 1.15. The smallest absolute Gasteiger partial charge is 0.240 e. The van der Waals surface area contributed by atoms with Crippen molar-refractivity contribution in [3.63, 3.8) is 0 Å². The predicted molar refractivity (Wildman–Crippen MR) is 84.7 cm³/mol. The van der Waals surface area contributed by atoms with E-state index in [1.54, 1.807) is 18.9 Å². The summed E-state index contributed by atoms with van der Waals surface area (Å²) < 4.78 is 48.7. The van der Waals surface area contributed by atoms with Gasteiger partial charge in [0.15, 0.2) is 0 Å². The monoisotopic (exact) mass is 335 g/mol. The van der Waals surface area contributed by atoms with Gasteiger partial charge >= 0.3 is 0 Å². The Morgan fingerprint density at radius 2 is 1.86 bits per heavy atom. The van der Waals surface area contributed by atoms with E-state index in [-0.39, 0.29) is 23.7 Å². The van der Waals surface area contributed by atoms with Gasteiger partial charge in [-0.25, -0.2) is 21.6 Å². The molecule has 0 spiro atoms. The Hall–Kier alpha value is -1.32. The lowest BCUT2D eigenvalue weighted by molar-refractivity contribution is 0.583. The van der Waals surface area contributed by atoms with E-state index < -0.39 is 19.9 Å². The maximum absolute atomic E-state index is 12.0. The molecule has 7 nitrogen and oxygen atoms in total. The highest BCUT2D eigenvalue weighted by Crippen LogP contribution is 2.25. The normalized spacial score (nSPS) is 12.3. The second-order valence-electron chi connectivity index (χ2n) is 4.77. The number of nitrogens with one attached hydrogen (secondary N) is 1. The number of sulfonamides is 1. The van der Waals surface area contributed by atoms with Gasteiger partial charge < -0.3 is 10.6 Å². The molecule has 0 unspecified atom stereocenters. The Labute approximate surface area is 126 Å². The molecule has 9 heteroatoms. The third kappa shape index (κ3) is 5.18. The standard InChI is InChI=1S/C12H21N3O4S2/c1-4-14-21(18,19)10-5-6-11(13)12(9-10)15(2)7-8-20(3,16)17/h5-6,9,14H,4,7-8,13H2,1-3H3. The van der Waals surface area contributed by atoms with Crippen LogP contribution in [0.1, 0.15) is 6.92 Å². The SMILES string of the molecule is CCNS(=O)(=O)c1ccc(N)c(N(C)CCS(C)(=O)=O)c1. The highest BCUT2D eigenvalue weighted by molar-refractivity contribution is 7.90. The summed E-state index contributed by atoms with van der Waals surface area (Å²) in [5.74, 6) is -0.0346. The summed E-state index contributed by atoms with van der Waals surface area (Å²) in [6.45, 7) is 2.20. The van der Waals surface area contributed by atoms with Gasteiger partial charge in [0.2, 0.25) is 10.0 Å². The van der Waals surface area contributed by atoms with Crippen LogP contribution in [0.2, 0.25) is 0 Å². The number of benzene rings is 1. The van der Waals surface area contributed by atoms with Crippen LogP contribution in [0.4, 0.5) is 11.4 Å². The van der Waals surface area contributed by atoms with Crippen molar-refractivity contribution in [3.8, 4) is 0 Å². The fourth-order valence-electron chi connectivity index (χ4n) is 1.72. The lowest BCUT2D eigenvalue weighted by atomic mass is 10.2. The molecule has 1 aromatic carbocycles. The Morgan fingerprint density at radius 1 is 1.24 bits per heavy atom. The highest BCUT2D eigenvalue weighted by Gasteiger charge is 2.16. The van der Waals surface area contributed by atoms with Gasteiger partial charge in [-0.15, -0.1) is 0 Å². The minimum absolute atomic E-state index is 0.0346. The fraction of sp³-hybridized carbons (Fsp3) is 0.500. The van der Waals surface area contributed by atoms with Crippen molar-refractivity contribution in [1.29, 1.82) is 0 Å². The van der Waals surface area contributed by atoms with E-state index >= 15 is 0 Å². The summed E-state index contributed by atoms with van der Waals surface area (Å²) in [5, 5.41) is 0. The maximum Gasteiger partial charge on any atom is 0.240 e. The Kier molecular flexibility index (Phi) is 5.60. The molecule has 120 valence electrons. The van der Waals surface area contributed by atoms with Gasteiger partial charge in [-0.05, 0) is 18.2 Å². The first-order chi connectivity index (χ1) is 9.57. The third-order valence-corrected chi connectivity index (χ3v) is 5.32. The van der Waals surface area contributed by atoms with E-state index in [1.807, 2.05) is 0 Å². The van der Waals surface area contributed by atoms with Crippen molar-refractivity contribution >= 4 is 31.2 Å². The second kappa shape index (κ2) is 6.63. The van der Waals surface area contributed by atoms with Gasteiger partial charge in [0.1, 0.15) is 9.84 Å². The molecule has 0 amide bonds. The molecule has 0 heterocycles. The lowest BCUT2D eigenvalue weighted by Gasteiger charge is -2.21. The van der Waals surface area contributed by atoms with E-state index in [0.29, 0.717) is 11.4 Å². The molecule has 1 aromatic rings. The quantitative estimate of drug-likeness (QED) is 0.681. The zero-order valence-corrected chi connectivity index (χ0v) is 14.0. The van der Waals surface area contributed by atoms with Crippen molar-refractivity contribution in [3.05, 3.63) is 18.2 Å². The number of anilines is 2. The van der Waals surface area contributed by atoms with Gasteiger partial charge in [-0.1, -0.05) is 6.92 Å². The van der Waals surface area contributed by atoms with Crippen LogP contribution in [-0.2, 0) is 19.9 Å². The Balaban J connectivity index is 3.08. The molecule has 0 fully saturated rings. The fourth-order valence-corrected chi connectivity index (χ4v) is 3.38. The Bertz CT molecular complexity index is 699. The predicted octanol–water partition coefficient (Wildman–Crippen LogP) is 0.0478. The summed E-state index contributed by atoms with van der Waals surface area (Å²) in [6, 6.07) is 4.35. The molecule has 0 atom stereocenters. The second-order valence-corrected chi connectivity index (χ2v) is 8.80. The molecule has 0 aliphatic rings. The van der Waals surface area contributed by atoms with Crippen molar-refractivity contribution in [2.75, 3.05) is 42.8 Å². The number of rotatable bonds is 7. The van der Waals surface area contributed by atoms with Crippen molar-refractivity contribution in [2.24, 2.45) is 0 Å². The molecule has 0 bridgehead atoms. The van der Waals surface area contributed by atoms with Crippen LogP contribution < -0.4 is 15.4 Å². The number of hydrogen-bond donors (Lipinski definition) is 2. The van der Waals surface area contributed by atoms with Crippen LogP contribution in [0.3, 0.4) is 0 Å². The summed E-state index contributed by atoms with van der Waals surface area (Å²) in [4.78, 5) is 1.72. The number of hydrogen-bond acceptors (Lipinski definition) is 6. The highest BCUT2D eigenvalue weighted by atomic mass is 32.2. The van der Waals surface area contributed by atoms with Crippen LogP contribution in [0.5, 0.6) is 0 Å². The van der Waals surface area contributed by atoms with Gasteiger partial charge in [0, 0.05) is 26.4 Å². The van der Waals surface area contributed by atoms with Crippen LogP contribution in [0.15, 0.2) is 23.1 Å². The molecule has 0 radical (unpaired) electrons. The average molecular weight is 335 g/mol. The van der Waals surface area contributed by atoms with E-state index in [9.17, 15) is 16.8 Å². The van der Waals surface area contributed by atoms with Crippen LogP contribution in [0.25, 0.3) is 0 Å². The van der Waals surface area contributed by atoms with Crippen LogP contribution in [-0.4, -0.2) is 49.0 Å². The zero-order valence-electron chi connectivity index (χ0n) is 12.3. The minimum atomic E-state index is -3.58. The number of nitrogens with zero attached hydrogens (tertiary/aromatic N) is 1. The first kappa shape index (κ1) is 17.7. The molecule has 0 saturated carbocycles. The van der Waals surface area contributed by atoms with Crippen molar-refractivity contribution in [2.45, 2.75) is 11.8 Å². The van der Waals surface area contributed by atoms with E-state index in [0.717, 1.165) is 6.26 Å². The molecule has 3 N–H and O–H groups in total. The zero-order chi connectivity index (χ0) is 16.3. The molecular weight excluding hydrogens is 314 g/mol. The summed E-state index contributed by atoms with van der Waals surface area (Å²) in [5.41, 5.74) is 6.71. The van der Waals surface area contributed by atoms with Gasteiger partial charge in [0.25, 0.3) is 0 Å². The van der Waals surface area contributed by atoms with Crippen molar-refractivity contribution in [1.82, 2.24) is 4.72 Å². The average Bonchev–Trinajstić information content (AvgIpc) is 2.35. The third-order valence-electron chi connectivity index (χ3n) is 2.86. The Morgan fingerprint density at radius 3 is 2.38 bits per heavy atom. The maximum atomic E-state index is 12.0. The summed E-state index contributed by atoms with van der Waals surface area (Å²) >= 11 is 0.